The van der Waals surface area contributed by atoms with Gasteiger partial charge in [0.1, 0.15) is 11.7 Å². The molecule has 0 saturated heterocycles. The Morgan fingerprint density at radius 3 is 1.94 bits per heavy atom. The highest BCUT2D eigenvalue weighted by atomic mass is 16.5. The van der Waals surface area contributed by atoms with E-state index in [2.05, 4.69) is 15.3 Å². The summed E-state index contributed by atoms with van der Waals surface area (Å²) in [7, 11) is 0. The number of hydrogen-bond acceptors (Lipinski definition) is 5. The van der Waals surface area contributed by atoms with Crippen LogP contribution in [0.1, 0.15) is 28.4 Å². The van der Waals surface area contributed by atoms with Crippen molar-refractivity contribution in [1.82, 2.24) is 9.97 Å². The number of nitrogens with one attached hydrogen (secondary N) is 1. The molecule has 0 atom stereocenters. The van der Waals surface area contributed by atoms with Gasteiger partial charge < -0.3 is 10.1 Å². The SMILES string of the molecule is Cc1cc(C)nc(Nc2cccc(OC(=O)C(c3ccccc3)c3ccccc3)c2)n1. The minimum absolute atomic E-state index is 0.336. The van der Waals surface area contributed by atoms with Gasteiger partial charge in [0.15, 0.2) is 0 Å². The fourth-order valence-electron chi connectivity index (χ4n) is 3.48. The number of aromatic nitrogens is 2. The Bertz CT molecular complexity index is 1120. The fraction of sp³-hybridized carbons (Fsp3) is 0.115. The Kier molecular flexibility index (Phi) is 6.03. The molecule has 0 radical (unpaired) electrons. The maximum atomic E-state index is 13.2. The van der Waals surface area contributed by atoms with Crippen molar-refractivity contribution >= 4 is 17.6 Å². The number of ether oxygens (including phenoxy) is 1. The van der Waals surface area contributed by atoms with E-state index in [4.69, 9.17) is 4.74 Å². The number of rotatable bonds is 6. The first kappa shape index (κ1) is 20.3. The van der Waals surface area contributed by atoms with Gasteiger partial charge in [0.05, 0.1) is 0 Å². The van der Waals surface area contributed by atoms with Gasteiger partial charge in [-0.05, 0) is 43.2 Å². The molecule has 31 heavy (non-hydrogen) atoms. The van der Waals surface area contributed by atoms with Crippen LogP contribution in [0.2, 0.25) is 0 Å². The molecular formula is C26H23N3O2. The lowest BCUT2D eigenvalue weighted by molar-refractivity contribution is -0.135. The van der Waals surface area contributed by atoms with Crippen molar-refractivity contribution in [3.8, 4) is 5.75 Å². The smallest absolute Gasteiger partial charge is 0.323 e. The Morgan fingerprint density at radius 1 is 0.774 bits per heavy atom. The third-order valence-corrected chi connectivity index (χ3v) is 4.79. The Hall–Kier alpha value is -3.99. The molecule has 0 aliphatic heterocycles. The summed E-state index contributed by atoms with van der Waals surface area (Å²) < 4.78 is 5.79. The van der Waals surface area contributed by atoms with Crippen LogP contribution in [0.4, 0.5) is 11.6 Å². The summed E-state index contributed by atoms with van der Waals surface area (Å²) in [6.07, 6.45) is 0. The highest BCUT2D eigenvalue weighted by Crippen LogP contribution is 2.28. The van der Waals surface area contributed by atoms with Crippen molar-refractivity contribution in [2.45, 2.75) is 19.8 Å². The van der Waals surface area contributed by atoms with Crippen LogP contribution in [0, 0.1) is 13.8 Å². The molecule has 4 aromatic rings. The van der Waals surface area contributed by atoms with Gasteiger partial charge in [-0.3, -0.25) is 4.79 Å². The van der Waals surface area contributed by atoms with Gasteiger partial charge in [0.2, 0.25) is 5.95 Å². The van der Waals surface area contributed by atoms with Gasteiger partial charge in [-0.1, -0.05) is 66.7 Å². The van der Waals surface area contributed by atoms with Crippen LogP contribution in [0.25, 0.3) is 0 Å². The monoisotopic (exact) mass is 409 g/mol. The lowest BCUT2D eigenvalue weighted by atomic mass is 9.91. The summed E-state index contributed by atoms with van der Waals surface area (Å²) in [6, 6.07) is 28.5. The van der Waals surface area contributed by atoms with Gasteiger partial charge >= 0.3 is 5.97 Å². The molecule has 0 saturated carbocycles. The van der Waals surface area contributed by atoms with Crippen LogP contribution in [-0.2, 0) is 4.79 Å². The number of carbonyl (C=O) groups is 1. The molecule has 0 unspecified atom stereocenters. The minimum Gasteiger partial charge on any atom is -0.426 e. The molecule has 5 heteroatoms. The second-order valence-electron chi connectivity index (χ2n) is 7.30. The van der Waals surface area contributed by atoms with Crippen LogP contribution in [0.5, 0.6) is 5.75 Å². The lowest BCUT2D eigenvalue weighted by Gasteiger charge is -2.17. The van der Waals surface area contributed by atoms with Gasteiger partial charge in [0, 0.05) is 23.1 Å². The average Bonchev–Trinajstić information content (AvgIpc) is 2.75. The van der Waals surface area contributed by atoms with Gasteiger partial charge in [0.25, 0.3) is 0 Å². The van der Waals surface area contributed by atoms with E-state index < -0.39 is 5.92 Å². The zero-order valence-electron chi connectivity index (χ0n) is 17.4. The van der Waals surface area contributed by atoms with Gasteiger partial charge in [-0.2, -0.15) is 0 Å². The highest BCUT2D eigenvalue weighted by Gasteiger charge is 2.24. The molecule has 0 spiro atoms. The second-order valence-corrected chi connectivity index (χ2v) is 7.30. The highest BCUT2D eigenvalue weighted by molar-refractivity contribution is 5.84. The van der Waals surface area contributed by atoms with Crippen molar-refractivity contribution in [3.63, 3.8) is 0 Å². The van der Waals surface area contributed by atoms with Crippen LogP contribution >= 0.6 is 0 Å². The zero-order chi connectivity index (χ0) is 21.6. The van der Waals surface area contributed by atoms with E-state index in [0.29, 0.717) is 11.7 Å². The van der Waals surface area contributed by atoms with Crippen molar-refractivity contribution in [3.05, 3.63) is 114 Å². The molecule has 0 aliphatic rings. The third-order valence-electron chi connectivity index (χ3n) is 4.79. The van der Waals surface area contributed by atoms with E-state index in [1.807, 2.05) is 92.7 Å². The first-order valence-electron chi connectivity index (χ1n) is 10.1. The summed E-state index contributed by atoms with van der Waals surface area (Å²) in [4.78, 5) is 22.0. The normalized spacial score (nSPS) is 10.7. The van der Waals surface area contributed by atoms with Crippen LogP contribution in [0.15, 0.2) is 91.0 Å². The summed E-state index contributed by atoms with van der Waals surface area (Å²) in [6.45, 7) is 3.84. The van der Waals surface area contributed by atoms with Crippen LogP contribution in [0.3, 0.4) is 0 Å². The number of nitrogens with zero attached hydrogens (tertiary/aromatic N) is 2. The zero-order valence-corrected chi connectivity index (χ0v) is 17.4. The first-order chi connectivity index (χ1) is 15.1. The van der Waals surface area contributed by atoms with E-state index in [-0.39, 0.29) is 5.97 Å². The molecule has 154 valence electrons. The molecule has 3 aromatic carbocycles. The Labute approximate surface area is 181 Å². The molecule has 0 bridgehead atoms. The lowest BCUT2D eigenvalue weighted by Crippen LogP contribution is -2.20. The van der Waals surface area contributed by atoms with Crippen molar-refractivity contribution in [2.24, 2.45) is 0 Å². The largest absolute Gasteiger partial charge is 0.426 e. The summed E-state index contributed by atoms with van der Waals surface area (Å²) in [5.74, 6) is 0.114. The summed E-state index contributed by atoms with van der Waals surface area (Å²) in [5.41, 5.74) is 4.27. The molecule has 1 aromatic heterocycles. The average molecular weight is 409 g/mol. The Balaban J connectivity index is 1.57. The predicted octanol–water partition coefficient (Wildman–Crippen LogP) is 5.57. The van der Waals surface area contributed by atoms with E-state index in [9.17, 15) is 4.79 Å². The van der Waals surface area contributed by atoms with Gasteiger partial charge in [-0.25, -0.2) is 9.97 Å². The molecule has 1 heterocycles. The number of benzene rings is 3. The summed E-state index contributed by atoms with van der Waals surface area (Å²) in [5, 5.41) is 3.18. The number of anilines is 2. The standard InChI is InChI=1S/C26H23N3O2/c1-18-16-19(2)28-26(27-18)29-22-14-9-15-23(17-22)31-25(30)24(20-10-5-3-6-11-20)21-12-7-4-8-13-21/h3-17,24H,1-2H3,(H,27,28,29). The number of carbonyl (C=O) groups excluding carboxylic acids is 1. The Morgan fingerprint density at radius 2 is 1.35 bits per heavy atom. The van der Waals surface area contributed by atoms with E-state index in [1.54, 1.807) is 12.1 Å². The molecule has 5 nitrogen and oxygen atoms in total. The molecule has 1 N–H and O–H groups in total. The quantitative estimate of drug-likeness (QED) is 0.333. The van der Waals surface area contributed by atoms with E-state index >= 15 is 0 Å². The fourth-order valence-corrected chi connectivity index (χ4v) is 3.48. The second kappa shape index (κ2) is 9.22. The molecule has 0 amide bonds. The number of aryl methyl sites for hydroxylation is 2. The topological polar surface area (TPSA) is 64.1 Å². The maximum absolute atomic E-state index is 13.2. The third kappa shape index (κ3) is 5.14. The van der Waals surface area contributed by atoms with Crippen molar-refractivity contribution in [1.29, 1.82) is 0 Å². The first-order valence-corrected chi connectivity index (χ1v) is 10.1. The van der Waals surface area contributed by atoms with Crippen molar-refractivity contribution < 1.29 is 9.53 Å². The molecule has 4 rings (SSSR count). The van der Waals surface area contributed by atoms with Crippen LogP contribution < -0.4 is 10.1 Å². The van der Waals surface area contributed by atoms with Gasteiger partial charge in [-0.15, -0.1) is 0 Å². The summed E-state index contributed by atoms with van der Waals surface area (Å²) >= 11 is 0. The predicted molar refractivity (Wildman–Crippen MR) is 122 cm³/mol. The number of hydrogen-bond donors (Lipinski definition) is 1. The molecular weight excluding hydrogens is 386 g/mol. The maximum Gasteiger partial charge on any atom is 0.323 e. The van der Waals surface area contributed by atoms with Crippen molar-refractivity contribution in [2.75, 3.05) is 5.32 Å². The molecule has 0 aliphatic carbocycles. The minimum atomic E-state index is -0.512. The molecule has 0 fully saturated rings. The van der Waals surface area contributed by atoms with E-state index in [1.165, 1.54) is 0 Å². The van der Waals surface area contributed by atoms with Crippen LogP contribution in [-0.4, -0.2) is 15.9 Å². The number of esters is 1. The van der Waals surface area contributed by atoms with E-state index in [0.717, 1.165) is 28.2 Å².